The van der Waals surface area contributed by atoms with Crippen molar-refractivity contribution in [1.82, 2.24) is 14.7 Å². The van der Waals surface area contributed by atoms with E-state index in [2.05, 4.69) is 5.10 Å². The van der Waals surface area contributed by atoms with Crippen LogP contribution in [0.25, 0.3) is 0 Å². The van der Waals surface area contributed by atoms with Gasteiger partial charge in [-0.1, -0.05) is 6.07 Å². The SMILES string of the molecule is Nc1cccc(C(=O)N2CCOC(Cn3cccn3)C2)c1. The first-order chi connectivity index (χ1) is 10.2. The quantitative estimate of drug-likeness (QED) is 0.855. The summed E-state index contributed by atoms with van der Waals surface area (Å²) in [6.07, 6.45) is 3.59. The fraction of sp³-hybridized carbons (Fsp3) is 0.333. The highest BCUT2D eigenvalue weighted by atomic mass is 16.5. The van der Waals surface area contributed by atoms with Gasteiger partial charge in [0.15, 0.2) is 0 Å². The minimum Gasteiger partial charge on any atom is -0.399 e. The van der Waals surface area contributed by atoms with E-state index in [1.54, 1.807) is 30.5 Å². The van der Waals surface area contributed by atoms with E-state index in [0.29, 0.717) is 37.5 Å². The van der Waals surface area contributed by atoms with E-state index in [1.165, 1.54) is 0 Å². The molecule has 1 aliphatic heterocycles. The molecule has 1 unspecified atom stereocenters. The smallest absolute Gasteiger partial charge is 0.254 e. The number of aromatic nitrogens is 2. The Morgan fingerprint density at radius 2 is 2.33 bits per heavy atom. The van der Waals surface area contributed by atoms with Crippen LogP contribution in [-0.4, -0.2) is 46.4 Å². The Balaban J connectivity index is 1.66. The van der Waals surface area contributed by atoms with Gasteiger partial charge in [-0.3, -0.25) is 9.48 Å². The van der Waals surface area contributed by atoms with Crippen molar-refractivity contribution in [3.8, 4) is 0 Å². The summed E-state index contributed by atoms with van der Waals surface area (Å²) in [5, 5.41) is 4.17. The number of benzene rings is 1. The molecular weight excluding hydrogens is 268 g/mol. The van der Waals surface area contributed by atoms with Crippen LogP contribution in [0.15, 0.2) is 42.7 Å². The topological polar surface area (TPSA) is 73.4 Å². The van der Waals surface area contributed by atoms with Crippen LogP contribution >= 0.6 is 0 Å². The second-order valence-electron chi connectivity index (χ2n) is 5.10. The first-order valence-corrected chi connectivity index (χ1v) is 6.96. The summed E-state index contributed by atoms with van der Waals surface area (Å²) < 4.78 is 7.53. The number of amides is 1. The van der Waals surface area contributed by atoms with Crippen molar-refractivity contribution in [1.29, 1.82) is 0 Å². The van der Waals surface area contributed by atoms with Gasteiger partial charge in [-0.15, -0.1) is 0 Å². The summed E-state index contributed by atoms with van der Waals surface area (Å²) in [5.74, 6) is -0.00364. The summed E-state index contributed by atoms with van der Waals surface area (Å²) in [4.78, 5) is 14.3. The molecule has 6 heteroatoms. The van der Waals surface area contributed by atoms with Crippen LogP contribution in [0.4, 0.5) is 5.69 Å². The number of hydrogen-bond acceptors (Lipinski definition) is 4. The van der Waals surface area contributed by atoms with E-state index < -0.39 is 0 Å². The summed E-state index contributed by atoms with van der Waals surface area (Å²) in [5.41, 5.74) is 6.96. The summed E-state index contributed by atoms with van der Waals surface area (Å²) in [6, 6.07) is 8.94. The normalized spacial score (nSPS) is 18.7. The number of anilines is 1. The van der Waals surface area contributed by atoms with Crippen molar-refractivity contribution in [3.05, 3.63) is 48.3 Å². The lowest BCUT2D eigenvalue weighted by atomic mass is 10.1. The van der Waals surface area contributed by atoms with Gasteiger partial charge in [0.2, 0.25) is 0 Å². The van der Waals surface area contributed by atoms with Crippen molar-refractivity contribution in [2.75, 3.05) is 25.4 Å². The number of nitrogen functional groups attached to an aromatic ring is 1. The van der Waals surface area contributed by atoms with Gasteiger partial charge in [0.1, 0.15) is 0 Å². The second-order valence-corrected chi connectivity index (χ2v) is 5.10. The van der Waals surface area contributed by atoms with Gasteiger partial charge >= 0.3 is 0 Å². The number of rotatable bonds is 3. The summed E-state index contributed by atoms with van der Waals surface area (Å²) >= 11 is 0. The van der Waals surface area contributed by atoms with E-state index in [4.69, 9.17) is 10.5 Å². The third kappa shape index (κ3) is 3.22. The number of nitrogens with zero attached hydrogens (tertiary/aromatic N) is 3. The fourth-order valence-corrected chi connectivity index (χ4v) is 2.49. The molecule has 6 nitrogen and oxygen atoms in total. The van der Waals surface area contributed by atoms with E-state index in [-0.39, 0.29) is 12.0 Å². The van der Waals surface area contributed by atoms with Crippen LogP contribution in [0, 0.1) is 0 Å². The lowest BCUT2D eigenvalue weighted by Gasteiger charge is -2.33. The Kier molecular flexibility index (Phi) is 3.87. The Morgan fingerprint density at radius 1 is 1.43 bits per heavy atom. The van der Waals surface area contributed by atoms with Gasteiger partial charge in [-0.25, -0.2) is 0 Å². The molecule has 3 rings (SSSR count). The third-order valence-electron chi connectivity index (χ3n) is 3.51. The molecule has 0 aliphatic carbocycles. The van der Waals surface area contributed by atoms with Gasteiger partial charge in [-0.2, -0.15) is 5.10 Å². The monoisotopic (exact) mass is 286 g/mol. The molecule has 2 aromatic rings. The lowest BCUT2D eigenvalue weighted by molar-refractivity contribution is -0.0299. The average molecular weight is 286 g/mol. The van der Waals surface area contributed by atoms with Crippen molar-refractivity contribution in [3.63, 3.8) is 0 Å². The standard InChI is InChI=1S/C15H18N4O2/c16-13-4-1-3-12(9-13)15(20)18-7-8-21-14(10-18)11-19-6-2-5-17-19/h1-6,9,14H,7-8,10-11,16H2. The molecule has 0 radical (unpaired) electrons. The Bertz CT molecular complexity index is 612. The van der Waals surface area contributed by atoms with Crippen LogP contribution in [0.1, 0.15) is 10.4 Å². The minimum absolute atomic E-state index is 0.00364. The molecule has 0 saturated carbocycles. The molecule has 1 fully saturated rings. The molecule has 1 aromatic heterocycles. The molecule has 1 aliphatic rings. The van der Waals surface area contributed by atoms with E-state index in [1.807, 2.05) is 21.8 Å². The average Bonchev–Trinajstić information content (AvgIpc) is 3.00. The first-order valence-electron chi connectivity index (χ1n) is 6.96. The zero-order chi connectivity index (χ0) is 14.7. The van der Waals surface area contributed by atoms with Gasteiger partial charge in [0, 0.05) is 36.7 Å². The lowest BCUT2D eigenvalue weighted by Crippen LogP contribution is -2.47. The minimum atomic E-state index is -0.0383. The highest BCUT2D eigenvalue weighted by Crippen LogP contribution is 2.14. The van der Waals surface area contributed by atoms with E-state index >= 15 is 0 Å². The Labute approximate surface area is 123 Å². The van der Waals surface area contributed by atoms with Crippen molar-refractivity contribution >= 4 is 11.6 Å². The zero-order valence-electron chi connectivity index (χ0n) is 11.7. The number of carbonyl (C=O) groups excluding carboxylic acids is 1. The van der Waals surface area contributed by atoms with Crippen LogP contribution < -0.4 is 5.73 Å². The summed E-state index contributed by atoms with van der Waals surface area (Å²) in [7, 11) is 0. The molecule has 0 spiro atoms. The molecule has 0 bridgehead atoms. The molecule has 2 N–H and O–H groups in total. The van der Waals surface area contributed by atoms with Gasteiger partial charge in [0.05, 0.1) is 19.3 Å². The molecule has 1 saturated heterocycles. The van der Waals surface area contributed by atoms with Crippen molar-refractivity contribution in [2.45, 2.75) is 12.6 Å². The predicted molar refractivity (Wildman–Crippen MR) is 78.7 cm³/mol. The highest BCUT2D eigenvalue weighted by molar-refractivity contribution is 5.95. The van der Waals surface area contributed by atoms with E-state index in [9.17, 15) is 4.79 Å². The molecule has 1 aromatic carbocycles. The van der Waals surface area contributed by atoms with Crippen LogP contribution in [0.5, 0.6) is 0 Å². The van der Waals surface area contributed by atoms with Crippen LogP contribution in [0.3, 0.4) is 0 Å². The molecular formula is C15H18N4O2. The molecule has 2 heterocycles. The Morgan fingerprint density at radius 3 is 3.10 bits per heavy atom. The van der Waals surface area contributed by atoms with E-state index in [0.717, 1.165) is 0 Å². The van der Waals surface area contributed by atoms with Crippen molar-refractivity contribution < 1.29 is 9.53 Å². The first kappa shape index (κ1) is 13.6. The highest BCUT2D eigenvalue weighted by Gasteiger charge is 2.25. The fourth-order valence-electron chi connectivity index (χ4n) is 2.49. The van der Waals surface area contributed by atoms with Crippen molar-refractivity contribution in [2.24, 2.45) is 0 Å². The summed E-state index contributed by atoms with van der Waals surface area (Å²) in [6.45, 7) is 2.35. The van der Waals surface area contributed by atoms with Gasteiger partial charge in [0.25, 0.3) is 5.91 Å². The number of morpholine rings is 1. The number of carbonyl (C=O) groups is 1. The van der Waals surface area contributed by atoms with Gasteiger partial charge in [-0.05, 0) is 24.3 Å². The van der Waals surface area contributed by atoms with Crippen LogP contribution in [0.2, 0.25) is 0 Å². The zero-order valence-corrected chi connectivity index (χ0v) is 11.7. The molecule has 1 amide bonds. The maximum atomic E-state index is 12.5. The molecule has 21 heavy (non-hydrogen) atoms. The van der Waals surface area contributed by atoms with Gasteiger partial charge < -0.3 is 15.4 Å². The molecule has 110 valence electrons. The maximum Gasteiger partial charge on any atom is 0.254 e. The number of ether oxygens (including phenoxy) is 1. The Hall–Kier alpha value is -2.34. The third-order valence-corrected chi connectivity index (χ3v) is 3.51. The van der Waals surface area contributed by atoms with Crippen LogP contribution in [-0.2, 0) is 11.3 Å². The second kappa shape index (κ2) is 5.97. The molecule has 1 atom stereocenters. The predicted octanol–water partition coefficient (Wildman–Crippen LogP) is 1.01. The largest absolute Gasteiger partial charge is 0.399 e. The number of nitrogens with two attached hydrogens (primary N) is 1. The number of hydrogen-bond donors (Lipinski definition) is 1. The maximum absolute atomic E-state index is 12.5.